The van der Waals surface area contributed by atoms with Crippen LogP contribution in [0.15, 0.2) is 38.6 Å². The summed E-state index contributed by atoms with van der Waals surface area (Å²) in [5.41, 5.74) is -1.66. The molecule has 0 fully saturated rings. The van der Waals surface area contributed by atoms with Gasteiger partial charge in [0, 0.05) is 13.1 Å². The summed E-state index contributed by atoms with van der Waals surface area (Å²) < 4.78 is 0.865. The van der Waals surface area contributed by atoms with Gasteiger partial charge in [-0.15, -0.1) is 0 Å². The summed E-state index contributed by atoms with van der Waals surface area (Å²) in [6, 6.07) is 6.61. The number of nitrogens with zero attached hydrogens (tertiary/aromatic N) is 2. The van der Waals surface area contributed by atoms with Gasteiger partial charge in [0.1, 0.15) is 0 Å². The molecule has 9 nitrogen and oxygen atoms in total. The zero-order valence-electron chi connectivity index (χ0n) is 12.6. The Kier molecular flexibility index (Phi) is 3.98. The van der Waals surface area contributed by atoms with Gasteiger partial charge in [0.15, 0.2) is 0 Å². The van der Waals surface area contributed by atoms with Gasteiger partial charge in [-0.25, -0.2) is 19.0 Å². The maximum Gasteiger partial charge on any atom is 0.333 e. The molecule has 124 valence electrons. The first-order chi connectivity index (χ1) is 11.5. The molecule has 0 unspecified atom stereocenters. The monoisotopic (exact) mass is 330 g/mol. The molecule has 2 amide bonds. The number of fused-ring (bicyclic) bond motifs is 1. The third kappa shape index (κ3) is 2.71. The lowest BCUT2D eigenvalue weighted by Crippen LogP contribution is -2.43. The van der Waals surface area contributed by atoms with Crippen LogP contribution in [0, 0.1) is 0 Å². The van der Waals surface area contributed by atoms with Crippen LogP contribution in [-0.2, 0) is 6.54 Å². The fourth-order valence-electron chi connectivity index (χ4n) is 2.64. The Bertz CT molecular complexity index is 915. The van der Waals surface area contributed by atoms with Crippen LogP contribution in [0.5, 0.6) is 0 Å². The standard InChI is InChI=1S/C15H14N4O5/c20-11-9-5-1-2-6-10(9)12(21)18(11)7-3-4-8-19-14(23)16-13(22)17-15(19)24/h1-2,5-6H,3-4,7-8H2,(H2,16,17,22,23,24). The Morgan fingerprint density at radius 1 is 0.750 bits per heavy atom. The minimum atomic E-state index is -0.854. The van der Waals surface area contributed by atoms with Crippen molar-refractivity contribution in [2.75, 3.05) is 6.54 Å². The first-order valence-corrected chi connectivity index (χ1v) is 7.37. The zero-order chi connectivity index (χ0) is 17.3. The summed E-state index contributed by atoms with van der Waals surface area (Å²) in [4.78, 5) is 63.4. The molecule has 1 aliphatic rings. The number of imide groups is 1. The van der Waals surface area contributed by atoms with Gasteiger partial charge in [0.05, 0.1) is 11.1 Å². The van der Waals surface area contributed by atoms with E-state index in [1.165, 1.54) is 0 Å². The van der Waals surface area contributed by atoms with Gasteiger partial charge in [-0.3, -0.25) is 24.5 Å². The highest BCUT2D eigenvalue weighted by molar-refractivity contribution is 6.21. The number of H-pyrrole nitrogens is 2. The van der Waals surface area contributed by atoms with Crippen LogP contribution in [0.3, 0.4) is 0 Å². The zero-order valence-corrected chi connectivity index (χ0v) is 12.6. The second kappa shape index (κ2) is 6.11. The highest BCUT2D eigenvalue weighted by atomic mass is 16.2. The van der Waals surface area contributed by atoms with Crippen molar-refractivity contribution in [3.8, 4) is 0 Å². The first-order valence-electron chi connectivity index (χ1n) is 7.37. The number of aromatic nitrogens is 3. The van der Waals surface area contributed by atoms with Crippen LogP contribution >= 0.6 is 0 Å². The highest BCUT2D eigenvalue weighted by Gasteiger charge is 2.34. The number of aromatic amines is 2. The Labute approximate surface area is 134 Å². The molecule has 3 rings (SSSR count). The molecule has 1 aliphatic heterocycles. The number of amides is 2. The topological polar surface area (TPSA) is 125 Å². The van der Waals surface area contributed by atoms with Crippen LogP contribution in [0.2, 0.25) is 0 Å². The minimum absolute atomic E-state index is 0.0775. The van der Waals surface area contributed by atoms with Crippen molar-refractivity contribution in [1.82, 2.24) is 19.4 Å². The molecular weight excluding hydrogens is 316 g/mol. The lowest BCUT2D eigenvalue weighted by atomic mass is 10.1. The number of benzene rings is 1. The fourth-order valence-corrected chi connectivity index (χ4v) is 2.64. The van der Waals surface area contributed by atoms with E-state index in [1.54, 1.807) is 24.3 Å². The van der Waals surface area contributed by atoms with E-state index in [1.807, 2.05) is 9.97 Å². The molecule has 9 heteroatoms. The third-order valence-electron chi connectivity index (χ3n) is 3.82. The molecule has 0 radical (unpaired) electrons. The average Bonchev–Trinajstić information content (AvgIpc) is 2.78. The van der Waals surface area contributed by atoms with E-state index in [0.717, 1.165) is 9.47 Å². The molecule has 0 saturated heterocycles. The van der Waals surface area contributed by atoms with Gasteiger partial charge in [-0.1, -0.05) is 12.1 Å². The average molecular weight is 330 g/mol. The quantitative estimate of drug-likeness (QED) is 0.554. The molecule has 2 aromatic rings. The summed E-state index contributed by atoms with van der Waals surface area (Å²) in [6.45, 7) is 0.274. The second-order valence-electron chi connectivity index (χ2n) is 5.36. The van der Waals surface area contributed by atoms with Crippen molar-refractivity contribution in [3.63, 3.8) is 0 Å². The number of carbonyl (C=O) groups excluding carboxylic acids is 2. The lowest BCUT2D eigenvalue weighted by molar-refractivity contribution is 0.0651. The molecule has 0 atom stereocenters. The van der Waals surface area contributed by atoms with Crippen molar-refractivity contribution >= 4 is 11.8 Å². The van der Waals surface area contributed by atoms with Crippen molar-refractivity contribution in [3.05, 3.63) is 66.8 Å². The summed E-state index contributed by atoms with van der Waals surface area (Å²) in [5, 5.41) is 0. The molecule has 0 spiro atoms. The van der Waals surface area contributed by atoms with E-state index in [2.05, 4.69) is 0 Å². The van der Waals surface area contributed by atoms with Crippen molar-refractivity contribution < 1.29 is 9.59 Å². The minimum Gasteiger partial charge on any atom is -0.274 e. The van der Waals surface area contributed by atoms with Crippen molar-refractivity contribution in [2.24, 2.45) is 0 Å². The van der Waals surface area contributed by atoms with E-state index in [4.69, 9.17) is 0 Å². The van der Waals surface area contributed by atoms with Gasteiger partial charge in [0.25, 0.3) is 11.8 Å². The SMILES string of the molecule is O=C1c2ccccc2C(=O)N1CCCCn1c(=O)[nH]c(=O)[nH]c1=O. The smallest absolute Gasteiger partial charge is 0.274 e. The number of carbonyl (C=O) groups is 2. The molecule has 24 heavy (non-hydrogen) atoms. The van der Waals surface area contributed by atoms with E-state index in [-0.39, 0.29) is 24.9 Å². The summed E-state index contributed by atoms with van der Waals surface area (Å²) in [7, 11) is 0. The van der Waals surface area contributed by atoms with Crippen molar-refractivity contribution in [1.29, 1.82) is 0 Å². The van der Waals surface area contributed by atoms with Gasteiger partial charge < -0.3 is 0 Å². The molecule has 0 saturated carbocycles. The molecule has 2 heterocycles. The molecule has 1 aromatic heterocycles. The van der Waals surface area contributed by atoms with Crippen LogP contribution in [-0.4, -0.2) is 37.8 Å². The maximum absolute atomic E-state index is 12.2. The van der Waals surface area contributed by atoms with Crippen LogP contribution in [0.4, 0.5) is 0 Å². The molecule has 1 aromatic carbocycles. The molecular formula is C15H14N4O5. The number of unbranched alkanes of at least 4 members (excludes halogenated alkanes) is 1. The maximum atomic E-state index is 12.2. The number of nitrogens with one attached hydrogen (secondary N) is 2. The predicted molar refractivity (Wildman–Crippen MR) is 83.0 cm³/mol. The van der Waals surface area contributed by atoms with Crippen LogP contribution in [0.25, 0.3) is 0 Å². The van der Waals surface area contributed by atoms with Crippen LogP contribution in [0.1, 0.15) is 33.6 Å². The Balaban J connectivity index is 1.62. The van der Waals surface area contributed by atoms with Gasteiger partial charge in [-0.2, -0.15) is 0 Å². The Morgan fingerprint density at radius 3 is 1.79 bits per heavy atom. The van der Waals surface area contributed by atoms with E-state index >= 15 is 0 Å². The Hall–Kier alpha value is -3.23. The summed E-state index contributed by atoms with van der Waals surface area (Å²) in [6.07, 6.45) is 0.818. The number of rotatable bonds is 5. The second-order valence-corrected chi connectivity index (χ2v) is 5.36. The highest BCUT2D eigenvalue weighted by Crippen LogP contribution is 2.22. The van der Waals surface area contributed by atoms with Crippen molar-refractivity contribution in [2.45, 2.75) is 19.4 Å². The predicted octanol–water partition coefficient (Wildman–Crippen LogP) is -0.699. The van der Waals surface area contributed by atoms with E-state index < -0.39 is 17.1 Å². The molecule has 0 bridgehead atoms. The lowest BCUT2D eigenvalue weighted by Gasteiger charge is -2.13. The first kappa shape index (κ1) is 15.7. The normalized spacial score (nSPS) is 13.4. The Morgan fingerprint density at radius 2 is 1.25 bits per heavy atom. The third-order valence-corrected chi connectivity index (χ3v) is 3.82. The van der Waals surface area contributed by atoms with Gasteiger partial charge >= 0.3 is 17.1 Å². The number of hydrogen-bond donors (Lipinski definition) is 2. The fraction of sp³-hybridized carbons (Fsp3) is 0.267. The summed E-state index contributed by atoms with van der Waals surface area (Å²) in [5.74, 6) is -0.677. The van der Waals surface area contributed by atoms with Crippen LogP contribution < -0.4 is 17.1 Å². The number of hydrogen-bond acceptors (Lipinski definition) is 5. The summed E-state index contributed by atoms with van der Waals surface area (Å²) >= 11 is 0. The largest absolute Gasteiger partial charge is 0.333 e. The van der Waals surface area contributed by atoms with Gasteiger partial charge in [0.2, 0.25) is 0 Å². The van der Waals surface area contributed by atoms with E-state index in [9.17, 15) is 24.0 Å². The van der Waals surface area contributed by atoms with E-state index in [0.29, 0.717) is 24.0 Å². The molecule has 0 aliphatic carbocycles. The van der Waals surface area contributed by atoms with Gasteiger partial charge in [-0.05, 0) is 25.0 Å². The molecule has 2 N–H and O–H groups in total.